The van der Waals surface area contributed by atoms with Gasteiger partial charge in [-0.25, -0.2) is 0 Å². The number of carbonyl (C=O) groups is 1. The maximum atomic E-state index is 11.6. The van der Waals surface area contributed by atoms with Gasteiger partial charge in [0.2, 0.25) is 0 Å². The molecule has 0 atom stereocenters. The van der Waals surface area contributed by atoms with E-state index in [0.717, 1.165) is 0 Å². The smallest absolute Gasteiger partial charge is 0.175 e. The summed E-state index contributed by atoms with van der Waals surface area (Å²) in [6.07, 6.45) is 1.49. The first-order chi connectivity index (χ1) is 7.54. The molecule has 0 heterocycles. The van der Waals surface area contributed by atoms with E-state index in [0.29, 0.717) is 5.56 Å². The zero-order valence-corrected chi connectivity index (χ0v) is 9.27. The van der Waals surface area contributed by atoms with E-state index in [1.807, 2.05) is 6.07 Å². The van der Waals surface area contributed by atoms with Crippen LogP contribution in [0.3, 0.4) is 0 Å². The van der Waals surface area contributed by atoms with Crippen molar-refractivity contribution in [3.05, 3.63) is 35.4 Å². The molecule has 0 aliphatic carbocycles. The number of rotatable bonds is 3. The first kappa shape index (κ1) is 12.0. The lowest BCUT2D eigenvalue weighted by Crippen LogP contribution is -2.08. The summed E-state index contributed by atoms with van der Waals surface area (Å²) >= 11 is 0. The van der Waals surface area contributed by atoms with E-state index in [1.54, 1.807) is 26.0 Å². The fourth-order valence-electron chi connectivity index (χ4n) is 1.25. The Bertz CT molecular complexity index is 467. The predicted molar refractivity (Wildman–Crippen MR) is 61.5 cm³/mol. The summed E-state index contributed by atoms with van der Waals surface area (Å²) in [6, 6.07) is 8.31. The quantitative estimate of drug-likeness (QED) is 0.622. The molecule has 0 aromatic heterocycles. The number of phenols is 1. The van der Waals surface area contributed by atoms with Crippen molar-refractivity contribution in [1.82, 2.24) is 0 Å². The van der Waals surface area contributed by atoms with Crippen molar-refractivity contribution in [3.63, 3.8) is 0 Å². The van der Waals surface area contributed by atoms with Crippen LogP contribution < -0.4 is 0 Å². The molecule has 0 aliphatic rings. The predicted octanol–water partition coefficient (Wildman–Crippen LogP) is 2.52. The van der Waals surface area contributed by atoms with Gasteiger partial charge in [0, 0.05) is 5.92 Å². The van der Waals surface area contributed by atoms with Gasteiger partial charge in [0.05, 0.1) is 5.57 Å². The molecule has 0 saturated heterocycles. The van der Waals surface area contributed by atoms with E-state index in [9.17, 15) is 9.90 Å². The van der Waals surface area contributed by atoms with Crippen molar-refractivity contribution < 1.29 is 9.90 Å². The lowest BCUT2D eigenvalue weighted by molar-refractivity contribution is -0.117. The van der Waals surface area contributed by atoms with Gasteiger partial charge in [0.1, 0.15) is 11.8 Å². The van der Waals surface area contributed by atoms with Crippen molar-refractivity contribution in [2.24, 2.45) is 5.92 Å². The van der Waals surface area contributed by atoms with Crippen LogP contribution in [0.1, 0.15) is 19.4 Å². The third-order valence-electron chi connectivity index (χ3n) is 2.09. The van der Waals surface area contributed by atoms with Gasteiger partial charge in [-0.3, -0.25) is 4.79 Å². The summed E-state index contributed by atoms with van der Waals surface area (Å²) in [5.41, 5.74) is 0.756. The maximum absolute atomic E-state index is 11.6. The van der Waals surface area contributed by atoms with E-state index in [2.05, 4.69) is 0 Å². The molecule has 0 fully saturated rings. The van der Waals surface area contributed by atoms with Crippen LogP contribution in [0.25, 0.3) is 6.08 Å². The van der Waals surface area contributed by atoms with Crippen LogP contribution in [0.15, 0.2) is 29.8 Å². The third kappa shape index (κ3) is 2.96. The lowest BCUT2D eigenvalue weighted by atomic mass is 10.00. The molecule has 1 aromatic rings. The van der Waals surface area contributed by atoms with E-state index in [1.165, 1.54) is 18.2 Å². The number of carbonyl (C=O) groups excluding carboxylic acids is 1. The number of allylic oxidation sites excluding steroid dienone is 1. The highest BCUT2D eigenvalue weighted by Gasteiger charge is 2.12. The van der Waals surface area contributed by atoms with Crippen molar-refractivity contribution in [3.8, 4) is 11.8 Å². The summed E-state index contributed by atoms with van der Waals surface area (Å²) < 4.78 is 0. The summed E-state index contributed by atoms with van der Waals surface area (Å²) in [7, 11) is 0. The zero-order chi connectivity index (χ0) is 12.1. The monoisotopic (exact) mass is 215 g/mol. The van der Waals surface area contributed by atoms with Gasteiger partial charge >= 0.3 is 0 Å². The van der Waals surface area contributed by atoms with Gasteiger partial charge in [-0.1, -0.05) is 26.0 Å². The van der Waals surface area contributed by atoms with Gasteiger partial charge in [0.15, 0.2) is 5.78 Å². The summed E-state index contributed by atoms with van der Waals surface area (Å²) in [5.74, 6) is -0.280. The number of benzene rings is 1. The van der Waals surface area contributed by atoms with Gasteiger partial charge < -0.3 is 5.11 Å². The van der Waals surface area contributed by atoms with E-state index in [4.69, 9.17) is 5.26 Å². The number of Topliss-reactive ketones (excluding diaryl/α,β-unsaturated/α-hetero) is 1. The molecule has 3 heteroatoms. The third-order valence-corrected chi connectivity index (χ3v) is 2.09. The molecule has 0 amide bonds. The molecule has 1 rings (SSSR count). The first-order valence-electron chi connectivity index (χ1n) is 4.99. The fourth-order valence-corrected chi connectivity index (χ4v) is 1.25. The number of hydrogen-bond donors (Lipinski definition) is 1. The number of nitrogens with zero attached hydrogens (tertiary/aromatic N) is 1. The second kappa shape index (κ2) is 5.13. The molecule has 1 N–H and O–H groups in total. The molecule has 0 radical (unpaired) electrons. The second-order valence-corrected chi connectivity index (χ2v) is 3.78. The minimum absolute atomic E-state index is 0.112. The molecule has 1 aromatic carbocycles. The van der Waals surface area contributed by atoms with Gasteiger partial charge in [-0.05, 0) is 23.8 Å². The van der Waals surface area contributed by atoms with Crippen LogP contribution >= 0.6 is 0 Å². The Morgan fingerprint density at radius 2 is 2.19 bits per heavy atom. The van der Waals surface area contributed by atoms with E-state index in [-0.39, 0.29) is 23.0 Å². The van der Waals surface area contributed by atoms with Crippen LogP contribution in [0, 0.1) is 17.2 Å². The highest BCUT2D eigenvalue weighted by molar-refractivity contribution is 6.04. The average molecular weight is 215 g/mol. The van der Waals surface area contributed by atoms with Crippen LogP contribution in [0.2, 0.25) is 0 Å². The SMILES string of the molecule is CC(C)C(=O)C(C#N)=Cc1cccc(O)c1. The number of phenolic OH excluding ortho intramolecular Hbond substituents is 1. The first-order valence-corrected chi connectivity index (χ1v) is 4.99. The fraction of sp³-hybridized carbons (Fsp3) is 0.231. The molecular formula is C13H13NO2. The highest BCUT2D eigenvalue weighted by atomic mass is 16.3. The molecule has 0 bridgehead atoms. The number of hydrogen-bond acceptors (Lipinski definition) is 3. The number of aromatic hydroxyl groups is 1. The summed E-state index contributed by atoms with van der Waals surface area (Å²) in [4.78, 5) is 11.6. The average Bonchev–Trinajstić information content (AvgIpc) is 2.25. The highest BCUT2D eigenvalue weighted by Crippen LogP contribution is 2.15. The van der Waals surface area contributed by atoms with E-state index >= 15 is 0 Å². The van der Waals surface area contributed by atoms with Crippen molar-refractivity contribution >= 4 is 11.9 Å². The molecule has 3 nitrogen and oxygen atoms in total. The summed E-state index contributed by atoms with van der Waals surface area (Å²) in [5, 5.41) is 18.1. The number of nitriles is 1. The maximum Gasteiger partial charge on any atom is 0.175 e. The molecule has 82 valence electrons. The molecule has 0 spiro atoms. The topological polar surface area (TPSA) is 61.1 Å². The summed E-state index contributed by atoms with van der Waals surface area (Å²) in [6.45, 7) is 3.49. The Kier molecular flexibility index (Phi) is 3.84. The largest absolute Gasteiger partial charge is 0.508 e. The van der Waals surface area contributed by atoms with Crippen molar-refractivity contribution in [2.45, 2.75) is 13.8 Å². The van der Waals surface area contributed by atoms with Gasteiger partial charge in [-0.15, -0.1) is 0 Å². The lowest BCUT2D eigenvalue weighted by Gasteiger charge is -2.02. The van der Waals surface area contributed by atoms with Gasteiger partial charge in [0.25, 0.3) is 0 Å². The van der Waals surface area contributed by atoms with Crippen molar-refractivity contribution in [1.29, 1.82) is 5.26 Å². The minimum atomic E-state index is -0.205. The second-order valence-electron chi connectivity index (χ2n) is 3.78. The minimum Gasteiger partial charge on any atom is -0.508 e. The standard InChI is InChI=1S/C13H13NO2/c1-9(2)13(16)11(8-14)6-10-4-3-5-12(15)7-10/h3-7,9,15H,1-2H3. The van der Waals surface area contributed by atoms with Crippen molar-refractivity contribution in [2.75, 3.05) is 0 Å². The van der Waals surface area contributed by atoms with E-state index < -0.39 is 0 Å². The Hall–Kier alpha value is -2.08. The molecule has 16 heavy (non-hydrogen) atoms. The molecular weight excluding hydrogens is 202 g/mol. The van der Waals surface area contributed by atoms with Crippen LogP contribution in [-0.2, 0) is 4.79 Å². The normalized spacial score (nSPS) is 11.2. The Balaban J connectivity index is 3.07. The van der Waals surface area contributed by atoms with Crippen LogP contribution in [-0.4, -0.2) is 10.9 Å². The van der Waals surface area contributed by atoms with Crippen LogP contribution in [0.5, 0.6) is 5.75 Å². The Morgan fingerprint density at radius 3 is 2.69 bits per heavy atom. The number of ketones is 1. The molecule has 0 saturated carbocycles. The Morgan fingerprint density at radius 1 is 1.50 bits per heavy atom. The van der Waals surface area contributed by atoms with Gasteiger partial charge in [-0.2, -0.15) is 5.26 Å². The zero-order valence-electron chi connectivity index (χ0n) is 9.27. The van der Waals surface area contributed by atoms with Crippen LogP contribution in [0.4, 0.5) is 0 Å². The molecule has 0 aliphatic heterocycles. The Labute approximate surface area is 94.6 Å². The molecule has 0 unspecified atom stereocenters.